The third-order valence-corrected chi connectivity index (χ3v) is 5.68. The van der Waals surface area contributed by atoms with Crippen LogP contribution in [0.2, 0.25) is 0 Å². The Hall–Kier alpha value is -3.47. The minimum atomic E-state index is -0.757. The Morgan fingerprint density at radius 1 is 0.967 bits per heavy atom. The molecule has 0 unspecified atom stereocenters. The third kappa shape index (κ3) is 3.47. The van der Waals surface area contributed by atoms with Gasteiger partial charge in [0, 0.05) is 23.5 Å². The van der Waals surface area contributed by atoms with E-state index < -0.39 is 6.04 Å². The van der Waals surface area contributed by atoms with Gasteiger partial charge >= 0.3 is 0 Å². The highest BCUT2D eigenvalue weighted by atomic mass is 16.2. The maximum Gasteiger partial charge on any atom is 0.294 e. The molecule has 5 heteroatoms. The number of amides is 2. The molecule has 0 radical (unpaired) electrons. The van der Waals surface area contributed by atoms with Gasteiger partial charge in [0.1, 0.15) is 0 Å². The zero-order chi connectivity index (χ0) is 21.4. The van der Waals surface area contributed by atoms with Crippen molar-refractivity contribution in [2.24, 2.45) is 0 Å². The van der Waals surface area contributed by atoms with Crippen LogP contribution in [0.4, 0.5) is 11.4 Å². The Morgan fingerprint density at radius 2 is 1.70 bits per heavy atom. The predicted molar refractivity (Wildman–Crippen MR) is 117 cm³/mol. The molecular weight excluding hydrogens is 374 g/mol. The van der Waals surface area contributed by atoms with Crippen LogP contribution < -0.4 is 14.8 Å². The number of fused-ring (bicyclic) bond motifs is 1. The molecule has 1 aliphatic rings. The standard InChI is InChI=1S/C25H25N3O2/c1-16-11-12-20(19(4)14-16)28-22(29)15-27-13-6-5-10-21(27)24(28)25(30)26-23-17(2)8-7-9-18(23)3/h5-14,24H,15H2,1-4H3/p+1/t24-/m1/s1. The van der Waals surface area contributed by atoms with Gasteiger partial charge in [0.25, 0.3) is 11.8 Å². The molecule has 0 bridgehead atoms. The number of aromatic nitrogens is 1. The number of carbonyl (C=O) groups excluding carboxylic acids is 2. The number of para-hydroxylation sites is 1. The fraction of sp³-hybridized carbons (Fsp3) is 0.240. The van der Waals surface area contributed by atoms with Crippen molar-refractivity contribution in [3.8, 4) is 0 Å². The van der Waals surface area contributed by atoms with Crippen molar-refractivity contribution in [1.29, 1.82) is 0 Å². The summed E-state index contributed by atoms with van der Waals surface area (Å²) in [7, 11) is 0. The van der Waals surface area contributed by atoms with Crippen molar-refractivity contribution in [3.63, 3.8) is 0 Å². The third-order valence-electron chi connectivity index (χ3n) is 5.68. The average Bonchev–Trinajstić information content (AvgIpc) is 2.70. The first-order valence-electron chi connectivity index (χ1n) is 10.1. The predicted octanol–water partition coefficient (Wildman–Crippen LogP) is 3.93. The first kappa shape index (κ1) is 19.8. The first-order chi connectivity index (χ1) is 14.4. The summed E-state index contributed by atoms with van der Waals surface area (Å²) in [6, 6.07) is 16.8. The van der Waals surface area contributed by atoms with Crippen molar-refractivity contribution >= 4 is 23.2 Å². The van der Waals surface area contributed by atoms with E-state index in [0.717, 1.165) is 39.3 Å². The molecule has 30 heavy (non-hydrogen) atoms. The van der Waals surface area contributed by atoms with E-state index in [0.29, 0.717) is 0 Å². The molecule has 2 aromatic carbocycles. The van der Waals surface area contributed by atoms with Crippen LogP contribution in [-0.2, 0) is 16.1 Å². The Bertz CT molecular complexity index is 1130. The quantitative estimate of drug-likeness (QED) is 0.677. The summed E-state index contributed by atoms with van der Waals surface area (Å²) in [4.78, 5) is 28.5. The van der Waals surface area contributed by atoms with Crippen molar-refractivity contribution in [1.82, 2.24) is 0 Å². The summed E-state index contributed by atoms with van der Waals surface area (Å²) < 4.78 is 1.86. The van der Waals surface area contributed by atoms with E-state index in [4.69, 9.17) is 0 Å². The molecule has 0 saturated carbocycles. The zero-order valence-corrected chi connectivity index (χ0v) is 17.8. The number of benzene rings is 2. The second kappa shape index (κ2) is 7.75. The van der Waals surface area contributed by atoms with E-state index in [-0.39, 0.29) is 18.4 Å². The second-order valence-electron chi connectivity index (χ2n) is 7.97. The Balaban J connectivity index is 1.83. The molecule has 1 N–H and O–H groups in total. The van der Waals surface area contributed by atoms with Crippen LogP contribution in [0.3, 0.4) is 0 Å². The number of rotatable bonds is 3. The molecule has 1 atom stereocenters. The largest absolute Gasteiger partial charge is 0.323 e. The number of pyridine rings is 1. The topological polar surface area (TPSA) is 53.3 Å². The normalized spacial score (nSPS) is 15.7. The van der Waals surface area contributed by atoms with Gasteiger partial charge in [-0.3, -0.25) is 14.5 Å². The highest BCUT2D eigenvalue weighted by Gasteiger charge is 2.44. The van der Waals surface area contributed by atoms with E-state index in [1.54, 1.807) is 4.90 Å². The monoisotopic (exact) mass is 400 g/mol. The van der Waals surface area contributed by atoms with E-state index in [2.05, 4.69) is 5.32 Å². The lowest BCUT2D eigenvalue weighted by atomic mass is 10.0. The molecule has 3 aromatic rings. The van der Waals surface area contributed by atoms with Crippen LogP contribution in [0.25, 0.3) is 0 Å². The summed E-state index contributed by atoms with van der Waals surface area (Å²) in [5.41, 5.74) is 6.42. The number of nitrogens with one attached hydrogen (secondary N) is 1. The molecule has 1 aliphatic heterocycles. The molecule has 0 aliphatic carbocycles. The van der Waals surface area contributed by atoms with Gasteiger partial charge in [-0.15, -0.1) is 0 Å². The van der Waals surface area contributed by atoms with Gasteiger partial charge in [0.05, 0.1) is 0 Å². The van der Waals surface area contributed by atoms with Gasteiger partial charge in [-0.25, -0.2) is 0 Å². The molecule has 4 rings (SSSR count). The van der Waals surface area contributed by atoms with Crippen LogP contribution >= 0.6 is 0 Å². The first-order valence-corrected chi connectivity index (χ1v) is 10.1. The van der Waals surface area contributed by atoms with Crippen molar-refractivity contribution in [2.45, 2.75) is 40.3 Å². The number of aryl methyl sites for hydroxylation is 4. The van der Waals surface area contributed by atoms with Gasteiger partial charge in [0.2, 0.25) is 18.3 Å². The van der Waals surface area contributed by atoms with E-state index in [9.17, 15) is 9.59 Å². The molecule has 0 saturated heterocycles. The van der Waals surface area contributed by atoms with Crippen LogP contribution in [0.15, 0.2) is 60.8 Å². The summed E-state index contributed by atoms with van der Waals surface area (Å²) in [5, 5.41) is 3.09. The van der Waals surface area contributed by atoms with Crippen molar-refractivity contribution in [3.05, 3.63) is 88.7 Å². The maximum absolute atomic E-state index is 13.6. The second-order valence-corrected chi connectivity index (χ2v) is 7.97. The van der Waals surface area contributed by atoms with Crippen molar-refractivity contribution < 1.29 is 14.2 Å². The molecular formula is C25H26N3O2+. The fourth-order valence-corrected chi connectivity index (χ4v) is 4.18. The number of nitrogens with zero attached hydrogens (tertiary/aromatic N) is 2. The van der Waals surface area contributed by atoms with Crippen LogP contribution in [0, 0.1) is 27.7 Å². The Kier molecular flexibility index (Phi) is 5.12. The zero-order valence-electron chi connectivity index (χ0n) is 17.8. The number of hydrogen-bond donors (Lipinski definition) is 1. The number of anilines is 2. The smallest absolute Gasteiger partial charge is 0.294 e. The van der Waals surface area contributed by atoms with Gasteiger partial charge in [0.15, 0.2) is 6.20 Å². The van der Waals surface area contributed by atoms with Crippen LogP contribution in [0.1, 0.15) is 34.0 Å². The highest BCUT2D eigenvalue weighted by Crippen LogP contribution is 2.33. The molecule has 152 valence electrons. The van der Waals surface area contributed by atoms with E-state index in [1.165, 1.54) is 0 Å². The summed E-state index contributed by atoms with van der Waals surface area (Å²) >= 11 is 0. The van der Waals surface area contributed by atoms with Crippen LogP contribution in [0.5, 0.6) is 0 Å². The summed E-state index contributed by atoms with van der Waals surface area (Å²) in [5.74, 6) is -0.326. The van der Waals surface area contributed by atoms with Crippen molar-refractivity contribution in [2.75, 3.05) is 10.2 Å². The number of hydrogen-bond acceptors (Lipinski definition) is 2. The van der Waals surface area contributed by atoms with Crippen LogP contribution in [-0.4, -0.2) is 11.8 Å². The number of carbonyl (C=O) groups is 2. The fourth-order valence-electron chi connectivity index (χ4n) is 4.18. The maximum atomic E-state index is 13.6. The minimum Gasteiger partial charge on any atom is -0.323 e. The van der Waals surface area contributed by atoms with Gasteiger partial charge < -0.3 is 5.32 Å². The molecule has 2 amide bonds. The van der Waals surface area contributed by atoms with Gasteiger partial charge in [-0.2, -0.15) is 4.57 Å². The SMILES string of the molecule is Cc1ccc(N2C(=O)C[n+]3ccccc3[C@@H]2C(=O)Nc2c(C)cccc2C)c(C)c1. The minimum absolute atomic E-state index is 0.104. The Morgan fingerprint density at radius 3 is 2.40 bits per heavy atom. The van der Waals surface area contributed by atoms with Gasteiger partial charge in [-0.05, 0) is 50.5 Å². The average molecular weight is 401 g/mol. The van der Waals surface area contributed by atoms with E-state index >= 15 is 0 Å². The molecule has 1 aromatic heterocycles. The summed E-state index contributed by atoms with van der Waals surface area (Å²) in [6.07, 6.45) is 1.85. The Labute approximate surface area is 177 Å². The lowest BCUT2D eigenvalue weighted by molar-refractivity contribution is -0.695. The van der Waals surface area contributed by atoms with E-state index in [1.807, 2.05) is 93.1 Å². The lowest BCUT2D eigenvalue weighted by Gasteiger charge is -2.33. The lowest BCUT2D eigenvalue weighted by Crippen LogP contribution is -2.58. The molecule has 0 spiro atoms. The molecule has 0 fully saturated rings. The molecule has 2 heterocycles. The highest BCUT2D eigenvalue weighted by molar-refractivity contribution is 6.06. The molecule has 5 nitrogen and oxygen atoms in total. The van der Waals surface area contributed by atoms with Gasteiger partial charge in [-0.1, -0.05) is 42.0 Å². The summed E-state index contributed by atoms with van der Waals surface area (Å²) in [6.45, 7) is 8.14.